The van der Waals surface area contributed by atoms with Crippen molar-refractivity contribution < 1.29 is 13.2 Å². The van der Waals surface area contributed by atoms with Gasteiger partial charge in [-0.1, -0.05) is 6.07 Å². The van der Waals surface area contributed by atoms with Gasteiger partial charge in [0.25, 0.3) is 5.91 Å². The molecule has 2 aromatic rings. The Bertz CT molecular complexity index is 841. The van der Waals surface area contributed by atoms with E-state index in [9.17, 15) is 13.2 Å². The maximum Gasteiger partial charge on any atom is 0.254 e. The van der Waals surface area contributed by atoms with E-state index in [4.69, 9.17) is 5.26 Å². The van der Waals surface area contributed by atoms with Gasteiger partial charge in [-0.05, 0) is 35.9 Å². The molecule has 24 heavy (non-hydrogen) atoms. The number of rotatable bonds is 6. The molecule has 1 aromatic carbocycles. The van der Waals surface area contributed by atoms with Gasteiger partial charge in [-0.25, -0.2) is 8.42 Å². The Kier molecular flexibility index (Phi) is 5.66. The Morgan fingerprint density at radius 2 is 1.96 bits per heavy atom. The van der Waals surface area contributed by atoms with E-state index >= 15 is 0 Å². The Morgan fingerprint density at radius 3 is 2.50 bits per heavy atom. The van der Waals surface area contributed by atoms with Crippen molar-refractivity contribution in [3.63, 3.8) is 0 Å². The van der Waals surface area contributed by atoms with Crippen molar-refractivity contribution in [2.75, 3.05) is 12.8 Å². The molecule has 0 aliphatic rings. The number of amides is 1. The normalized spacial score (nSPS) is 10.8. The van der Waals surface area contributed by atoms with Gasteiger partial charge in [-0.3, -0.25) is 9.78 Å². The minimum Gasteiger partial charge on any atom is -0.333 e. The molecule has 0 N–H and O–H groups in total. The summed E-state index contributed by atoms with van der Waals surface area (Å²) in [6.45, 7) is 0.625. The van der Waals surface area contributed by atoms with Gasteiger partial charge in [0.15, 0.2) is 9.84 Å². The van der Waals surface area contributed by atoms with Crippen LogP contribution < -0.4 is 0 Å². The predicted molar refractivity (Wildman–Crippen MR) is 88.8 cm³/mol. The number of nitriles is 1. The monoisotopic (exact) mass is 343 g/mol. The van der Waals surface area contributed by atoms with Crippen LogP contribution >= 0.6 is 0 Å². The first kappa shape index (κ1) is 17.6. The van der Waals surface area contributed by atoms with E-state index in [2.05, 4.69) is 4.98 Å². The summed E-state index contributed by atoms with van der Waals surface area (Å²) in [5.74, 6) is -0.255. The van der Waals surface area contributed by atoms with Crippen LogP contribution in [0.25, 0.3) is 0 Å². The molecule has 1 aromatic heterocycles. The van der Waals surface area contributed by atoms with Crippen molar-refractivity contribution in [2.45, 2.75) is 17.9 Å². The van der Waals surface area contributed by atoms with Gasteiger partial charge in [0.2, 0.25) is 0 Å². The van der Waals surface area contributed by atoms with Gasteiger partial charge in [0.1, 0.15) is 0 Å². The van der Waals surface area contributed by atoms with Crippen LogP contribution in [0.3, 0.4) is 0 Å². The van der Waals surface area contributed by atoms with E-state index in [0.29, 0.717) is 12.1 Å². The van der Waals surface area contributed by atoms with Crippen molar-refractivity contribution in [2.24, 2.45) is 0 Å². The van der Waals surface area contributed by atoms with Crippen LogP contribution in [0.15, 0.2) is 53.7 Å². The fourth-order valence-electron chi connectivity index (χ4n) is 2.18. The zero-order valence-corrected chi connectivity index (χ0v) is 14.0. The molecular formula is C17H17N3O3S. The van der Waals surface area contributed by atoms with Gasteiger partial charge >= 0.3 is 0 Å². The highest BCUT2D eigenvalue weighted by Gasteiger charge is 2.17. The second-order valence-corrected chi connectivity index (χ2v) is 7.31. The quantitative estimate of drug-likeness (QED) is 0.800. The van der Waals surface area contributed by atoms with Gasteiger partial charge in [0, 0.05) is 37.3 Å². The average molecular weight is 343 g/mol. The second kappa shape index (κ2) is 7.70. The Hall–Kier alpha value is -2.72. The molecule has 0 spiro atoms. The molecule has 0 aliphatic heterocycles. The van der Waals surface area contributed by atoms with Gasteiger partial charge < -0.3 is 4.90 Å². The van der Waals surface area contributed by atoms with E-state index in [1.807, 2.05) is 12.1 Å². The molecule has 1 amide bonds. The zero-order chi connectivity index (χ0) is 17.6. The summed E-state index contributed by atoms with van der Waals surface area (Å²) in [6, 6.07) is 11.5. The fraction of sp³-hybridized carbons (Fsp3) is 0.235. The maximum atomic E-state index is 12.7. The van der Waals surface area contributed by atoms with Gasteiger partial charge in [0.05, 0.1) is 17.4 Å². The molecular weight excluding hydrogens is 326 g/mol. The van der Waals surface area contributed by atoms with Crippen molar-refractivity contribution in [1.82, 2.24) is 9.88 Å². The minimum atomic E-state index is -3.30. The fourth-order valence-corrected chi connectivity index (χ4v) is 2.81. The van der Waals surface area contributed by atoms with E-state index in [-0.39, 0.29) is 23.8 Å². The number of sulfone groups is 1. The first-order valence-electron chi connectivity index (χ1n) is 7.27. The lowest BCUT2D eigenvalue weighted by molar-refractivity contribution is 0.0746. The topological polar surface area (TPSA) is 91.1 Å². The number of pyridine rings is 1. The smallest absolute Gasteiger partial charge is 0.254 e. The van der Waals surface area contributed by atoms with E-state index in [1.165, 1.54) is 24.3 Å². The van der Waals surface area contributed by atoms with Gasteiger partial charge in [-0.15, -0.1) is 0 Å². The van der Waals surface area contributed by atoms with E-state index in [0.717, 1.165) is 11.8 Å². The van der Waals surface area contributed by atoms with Crippen molar-refractivity contribution in [3.05, 3.63) is 59.9 Å². The highest BCUT2D eigenvalue weighted by Crippen LogP contribution is 2.14. The number of carbonyl (C=O) groups is 1. The Morgan fingerprint density at radius 1 is 1.25 bits per heavy atom. The maximum absolute atomic E-state index is 12.7. The van der Waals surface area contributed by atoms with Gasteiger partial charge in [-0.2, -0.15) is 5.26 Å². The number of aromatic nitrogens is 1. The van der Waals surface area contributed by atoms with Crippen molar-refractivity contribution in [1.29, 1.82) is 5.26 Å². The third-order valence-corrected chi connectivity index (χ3v) is 4.53. The summed E-state index contributed by atoms with van der Waals surface area (Å²) in [6.07, 6.45) is 4.65. The first-order valence-corrected chi connectivity index (χ1v) is 9.16. The van der Waals surface area contributed by atoms with Crippen molar-refractivity contribution in [3.8, 4) is 6.07 Å². The van der Waals surface area contributed by atoms with Crippen molar-refractivity contribution >= 4 is 15.7 Å². The van der Waals surface area contributed by atoms with Crippen LogP contribution in [-0.4, -0.2) is 37.0 Å². The minimum absolute atomic E-state index is 0.162. The average Bonchev–Trinajstić information content (AvgIpc) is 2.58. The molecule has 0 fully saturated rings. The van der Waals surface area contributed by atoms with E-state index in [1.54, 1.807) is 23.4 Å². The highest BCUT2D eigenvalue weighted by molar-refractivity contribution is 7.90. The van der Waals surface area contributed by atoms with Crippen LogP contribution in [0.4, 0.5) is 0 Å². The highest BCUT2D eigenvalue weighted by atomic mass is 32.2. The lowest BCUT2D eigenvalue weighted by Gasteiger charge is -2.21. The first-order chi connectivity index (χ1) is 11.4. The molecule has 7 heteroatoms. The standard InChI is InChI=1S/C17H17N3O3S/c1-24(22,23)16-7-5-15(6-8-16)17(21)20(11-3-9-18)13-14-4-2-10-19-12-14/h2,4-8,10,12H,3,11,13H2,1H3. The number of hydrogen-bond acceptors (Lipinski definition) is 5. The molecule has 0 atom stereocenters. The van der Waals surface area contributed by atoms with E-state index < -0.39 is 9.84 Å². The molecule has 124 valence electrons. The number of nitrogens with zero attached hydrogens (tertiary/aromatic N) is 3. The summed E-state index contributed by atoms with van der Waals surface area (Å²) in [5.41, 5.74) is 1.24. The Labute approximate surface area is 141 Å². The van der Waals surface area contributed by atoms with Crippen LogP contribution in [0.1, 0.15) is 22.3 Å². The number of hydrogen-bond donors (Lipinski definition) is 0. The molecule has 0 aliphatic carbocycles. The summed E-state index contributed by atoms with van der Waals surface area (Å²) in [5, 5.41) is 8.79. The summed E-state index contributed by atoms with van der Waals surface area (Å²) in [7, 11) is -3.30. The molecule has 0 bridgehead atoms. The predicted octanol–water partition coefficient (Wildman–Crippen LogP) is 2.04. The summed E-state index contributed by atoms with van der Waals surface area (Å²) >= 11 is 0. The van der Waals surface area contributed by atoms with Crippen LogP contribution in [0, 0.1) is 11.3 Å². The molecule has 0 saturated carbocycles. The number of carbonyl (C=O) groups excluding carboxylic acids is 1. The molecule has 0 unspecified atom stereocenters. The summed E-state index contributed by atoms with van der Waals surface area (Å²) in [4.78, 5) is 18.4. The Balaban J connectivity index is 2.22. The molecule has 1 heterocycles. The largest absolute Gasteiger partial charge is 0.333 e. The second-order valence-electron chi connectivity index (χ2n) is 5.29. The lowest BCUT2D eigenvalue weighted by Crippen LogP contribution is -2.31. The summed E-state index contributed by atoms with van der Waals surface area (Å²) < 4.78 is 23.0. The number of benzene rings is 1. The SMILES string of the molecule is CS(=O)(=O)c1ccc(C(=O)N(CCC#N)Cc2cccnc2)cc1. The molecule has 6 nitrogen and oxygen atoms in total. The zero-order valence-electron chi connectivity index (χ0n) is 13.2. The van der Waals surface area contributed by atoms with Crippen LogP contribution in [0.5, 0.6) is 0 Å². The third kappa shape index (κ3) is 4.64. The lowest BCUT2D eigenvalue weighted by atomic mass is 10.1. The van der Waals surface area contributed by atoms with Crippen LogP contribution in [0.2, 0.25) is 0 Å². The molecule has 0 radical (unpaired) electrons. The molecule has 0 saturated heterocycles. The molecule has 2 rings (SSSR count). The third-order valence-electron chi connectivity index (χ3n) is 3.41. The van der Waals surface area contributed by atoms with Crippen LogP contribution in [-0.2, 0) is 16.4 Å².